The lowest BCUT2D eigenvalue weighted by Gasteiger charge is -2.35. The normalized spacial score (nSPS) is 20.2. The zero-order chi connectivity index (χ0) is 18.8. The number of hydrogen-bond acceptors (Lipinski definition) is 3. The zero-order valence-electron chi connectivity index (χ0n) is 17.4. The third-order valence-corrected chi connectivity index (χ3v) is 5.52. The van der Waals surface area contributed by atoms with Gasteiger partial charge in [0.15, 0.2) is 5.96 Å². The van der Waals surface area contributed by atoms with Crippen molar-refractivity contribution in [2.75, 3.05) is 26.2 Å². The molecule has 158 valence electrons. The van der Waals surface area contributed by atoms with Crippen LogP contribution < -0.4 is 16.0 Å². The van der Waals surface area contributed by atoms with E-state index in [1.54, 1.807) is 0 Å². The van der Waals surface area contributed by atoms with E-state index in [4.69, 9.17) is 0 Å². The van der Waals surface area contributed by atoms with Crippen LogP contribution in [0.25, 0.3) is 0 Å². The molecule has 2 fully saturated rings. The maximum Gasteiger partial charge on any atom is 0.222 e. The Morgan fingerprint density at radius 3 is 2.26 bits per heavy atom. The molecule has 1 saturated carbocycles. The standard InChI is InChI=1S/C20H39N5O.HI/c1-4-21-20(24-18-11-14-25(15-12-18)16(2)3)22-13-10-19(26)23-17-8-6-5-7-9-17;/h16-18H,4-15H2,1-3H3,(H,23,26)(H2,21,22,24);1H. The van der Waals surface area contributed by atoms with Crippen LogP contribution in [0.1, 0.15) is 72.1 Å². The van der Waals surface area contributed by atoms with Crippen LogP contribution in [0.15, 0.2) is 4.99 Å². The Kier molecular flexibility index (Phi) is 12.3. The van der Waals surface area contributed by atoms with Crippen molar-refractivity contribution in [3.8, 4) is 0 Å². The van der Waals surface area contributed by atoms with Crippen LogP contribution in [0.3, 0.4) is 0 Å². The largest absolute Gasteiger partial charge is 0.357 e. The lowest BCUT2D eigenvalue weighted by atomic mass is 9.95. The summed E-state index contributed by atoms with van der Waals surface area (Å²) in [5.41, 5.74) is 0. The Hall–Kier alpha value is -0.570. The van der Waals surface area contributed by atoms with E-state index in [0.717, 1.165) is 51.3 Å². The second-order valence-electron chi connectivity index (χ2n) is 7.96. The Balaban J connectivity index is 0.00000364. The van der Waals surface area contributed by atoms with Crippen molar-refractivity contribution in [1.29, 1.82) is 0 Å². The zero-order valence-corrected chi connectivity index (χ0v) is 19.8. The van der Waals surface area contributed by atoms with E-state index in [9.17, 15) is 4.79 Å². The van der Waals surface area contributed by atoms with E-state index in [0.29, 0.717) is 31.1 Å². The summed E-state index contributed by atoms with van der Waals surface area (Å²) >= 11 is 0. The number of piperidine rings is 1. The van der Waals surface area contributed by atoms with Gasteiger partial charge >= 0.3 is 0 Å². The van der Waals surface area contributed by atoms with Crippen molar-refractivity contribution in [3.63, 3.8) is 0 Å². The number of likely N-dealkylation sites (tertiary alicyclic amines) is 1. The summed E-state index contributed by atoms with van der Waals surface area (Å²) in [7, 11) is 0. The summed E-state index contributed by atoms with van der Waals surface area (Å²) in [5, 5.41) is 10.0. The van der Waals surface area contributed by atoms with Gasteiger partial charge < -0.3 is 20.9 Å². The van der Waals surface area contributed by atoms with E-state index < -0.39 is 0 Å². The topological polar surface area (TPSA) is 68.8 Å². The van der Waals surface area contributed by atoms with Crippen molar-refractivity contribution in [1.82, 2.24) is 20.9 Å². The average Bonchev–Trinajstić information content (AvgIpc) is 2.63. The Morgan fingerprint density at radius 2 is 1.67 bits per heavy atom. The van der Waals surface area contributed by atoms with Crippen molar-refractivity contribution in [3.05, 3.63) is 0 Å². The highest BCUT2D eigenvalue weighted by atomic mass is 127. The number of halogens is 1. The second kappa shape index (κ2) is 13.6. The molecule has 0 atom stereocenters. The third-order valence-electron chi connectivity index (χ3n) is 5.52. The smallest absolute Gasteiger partial charge is 0.222 e. The molecule has 0 bridgehead atoms. The number of rotatable bonds is 7. The molecule has 3 N–H and O–H groups in total. The highest BCUT2D eigenvalue weighted by Gasteiger charge is 2.21. The molecule has 0 aromatic rings. The van der Waals surface area contributed by atoms with Crippen LogP contribution in [-0.2, 0) is 4.79 Å². The summed E-state index contributed by atoms with van der Waals surface area (Å²) in [5.74, 6) is 0.989. The van der Waals surface area contributed by atoms with Crippen LogP contribution in [0.5, 0.6) is 0 Å². The van der Waals surface area contributed by atoms with Gasteiger partial charge in [0.2, 0.25) is 5.91 Å². The molecule has 0 unspecified atom stereocenters. The van der Waals surface area contributed by atoms with Gasteiger partial charge in [-0.25, -0.2) is 0 Å². The Bertz CT molecular complexity index is 444. The van der Waals surface area contributed by atoms with Gasteiger partial charge in [0.05, 0.1) is 6.54 Å². The summed E-state index contributed by atoms with van der Waals surface area (Å²) in [6.45, 7) is 10.3. The molecule has 1 aliphatic carbocycles. The molecular weight excluding hydrogens is 453 g/mol. The third kappa shape index (κ3) is 9.45. The molecule has 1 amide bonds. The van der Waals surface area contributed by atoms with Gasteiger partial charge in [-0.1, -0.05) is 19.3 Å². The molecule has 2 rings (SSSR count). The number of carbonyl (C=O) groups excluding carboxylic acids is 1. The highest BCUT2D eigenvalue weighted by Crippen LogP contribution is 2.17. The van der Waals surface area contributed by atoms with Gasteiger partial charge in [0.1, 0.15) is 0 Å². The van der Waals surface area contributed by atoms with Crippen LogP contribution in [0.2, 0.25) is 0 Å². The number of aliphatic imine (C=N–C) groups is 1. The van der Waals surface area contributed by atoms with Gasteiger partial charge in [-0.2, -0.15) is 0 Å². The molecule has 1 aliphatic heterocycles. The lowest BCUT2D eigenvalue weighted by Crippen LogP contribution is -2.50. The molecule has 6 nitrogen and oxygen atoms in total. The molecule has 2 aliphatic rings. The fourth-order valence-corrected chi connectivity index (χ4v) is 3.89. The van der Waals surface area contributed by atoms with Crippen LogP contribution in [0.4, 0.5) is 0 Å². The van der Waals surface area contributed by atoms with Gasteiger partial charge in [-0.15, -0.1) is 24.0 Å². The molecule has 0 radical (unpaired) electrons. The SMILES string of the molecule is CCNC(=NCCC(=O)NC1CCCCC1)NC1CCN(C(C)C)CC1.I. The number of hydrogen-bond donors (Lipinski definition) is 3. The van der Waals surface area contributed by atoms with Gasteiger partial charge in [0.25, 0.3) is 0 Å². The van der Waals surface area contributed by atoms with E-state index in [1.165, 1.54) is 19.3 Å². The maximum atomic E-state index is 12.1. The van der Waals surface area contributed by atoms with Crippen LogP contribution >= 0.6 is 24.0 Å². The number of amides is 1. The van der Waals surface area contributed by atoms with E-state index in [-0.39, 0.29) is 29.9 Å². The number of nitrogens with zero attached hydrogens (tertiary/aromatic N) is 2. The highest BCUT2D eigenvalue weighted by molar-refractivity contribution is 14.0. The predicted octanol–water partition coefficient (Wildman–Crippen LogP) is 2.87. The first-order valence-electron chi connectivity index (χ1n) is 10.7. The maximum absolute atomic E-state index is 12.1. The number of nitrogens with one attached hydrogen (secondary N) is 3. The fourth-order valence-electron chi connectivity index (χ4n) is 3.89. The molecule has 27 heavy (non-hydrogen) atoms. The minimum atomic E-state index is 0. The molecule has 7 heteroatoms. The first-order valence-corrected chi connectivity index (χ1v) is 10.7. The molecule has 0 spiro atoms. The number of carbonyl (C=O) groups is 1. The summed E-state index contributed by atoms with van der Waals surface area (Å²) in [6.07, 6.45) is 8.82. The van der Waals surface area contributed by atoms with E-state index in [2.05, 4.69) is 46.6 Å². The summed E-state index contributed by atoms with van der Waals surface area (Å²) in [4.78, 5) is 19.3. The van der Waals surface area contributed by atoms with Crippen LogP contribution in [0, 0.1) is 0 Å². The van der Waals surface area contributed by atoms with Crippen molar-refractivity contribution in [2.45, 2.75) is 90.3 Å². The van der Waals surface area contributed by atoms with Crippen molar-refractivity contribution in [2.24, 2.45) is 4.99 Å². The fraction of sp³-hybridized carbons (Fsp3) is 0.900. The Morgan fingerprint density at radius 1 is 1.04 bits per heavy atom. The molecule has 0 aromatic heterocycles. The monoisotopic (exact) mass is 493 g/mol. The van der Waals surface area contributed by atoms with E-state index in [1.807, 2.05) is 0 Å². The first kappa shape index (κ1) is 24.5. The Labute approximate surface area is 182 Å². The molecule has 1 saturated heterocycles. The number of guanidine groups is 1. The minimum absolute atomic E-state index is 0. The second-order valence-corrected chi connectivity index (χ2v) is 7.96. The van der Waals surface area contributed by atoms with Gasteiger partial charge in [-0.05, 0) is 46.5 Å². The summed E-state index contributed by atoms with van der Waals surface area (Å²) in [6, 6.07) is 1.48. The average molecular weight is 493 g/mol. The molecule has 1 heterocycles. The van der Waals surface area contributed by atoms with Crippen LogP contribution in [-0.4, -0.2) is 61.1 Å². The van der Waals surface area contributed by atoms with Gasteiger partial charge in [0, 0.05) is 44.2 Å². The minimum Gasteiger partial charge on any atom is -0.357 e. The quantitative estimate of drug-likeness (QED) is 0.290. The molecular formula is C20H40IN5O. The summed E-state index contributed by atoms with van der Waals surface area (Å²) < 4.78 is 0. The van der Waals surface area contributed by atoms with Crippen molar-refractivity contribution < 1.29 is 4.79 Å². The lowest BCUT2D eigenvalue weighted by molar-refractivity contribution is -0.121. The van der Waals surface area contributed by atoms with Crippen molar-refractivity contribution >= 4 is 35.8 Å². The van der Waals surface area contributed by atoms with E-state index >= 15 is 0 Å². The first-order chi connectivity index (χ1) is 12.6. The molecule has 0 aromatic carbocycles. The predicted molar refractivity (Wildman–Crippen MR) is 124 cm³/mol. The van der Waals surface area contributed by atoms with Gasteiger partial charge in [-0.3, -0.25) is 9.79 Å².